The van der Waals surface area contributed by atoms with Crippen LogP contribution in [0.15, 0.2) is 18.2 Å². The largest absolute Gasteiger partial charge is 0.310 e. The lowest BCUT2D eigenvalue weighted by atomic mass is 10.1. The van der Waals surface area contributed by atoms with Gasteiger partial charge in [-0.05, 0) is 48.6 Å². The number of rotatable bonds is 7. The molecule has 1 aromatic carbocycles. The molecule has 98 valence electrons. The number of nitriles is 1. The molecule has 0 aliphatic carbocycles. The van der Waals surface area contributed by atoms with Crippen molar-refractivity contribution in [1.29, 1.82) is 5.26 Å². The molecule has 0 saturated carbocycles. The SMILES string of the molecule is CCSCCC(C)NCc1cc(F)ccc1C#N. The number of hydrogen-bond donors (Lipinski definition) is 1. The van der Waals surface area contributed by atoms with Gasteiger partial charge in [0.25, 0.3) is 0 Å². The van der Waals surface area contributed by atoms with Gasteiger partial charge in [-0.3, -0.25) is 0 Å². The highest BCUT2D eigenvalue weighted by atomic mass is 32.2. The summed E-state index contributed by atoms with van der Waals surface area (Å²) in [7, 11) is 0. The van der Waals surface area contributed by atoms with E-state index in [2.05, 4.69) is 25.2 Å². The molecule has 0 aliphatic heterocycles. The second kappa shape index (κ2) is 8.12. The molecule has 2 nitrogen and oxygen atoms in total. The van der Waals surface area contributed by atoms with Gasteiger partial charge in [-0.2, -0.15) is 17.0 Å². The van der Waals surface area contributed by atoms with E-state index in [1.807, 2.05) is 11.8 Å². The Labute approximate surface area is 113 Å². The molecular formula is C14H19FN2S. The fourth-order valence-corrected chi connectivity index (χ4v) is 2.42. The van der Waals surface area contributed by atoms with Crippen molar-refractivity contribution in [3.8, 4) is 6.07 Å². The highest BCUT2D eigenvalue weighted by Crippen LogP contribution is 2.11. The number of benzene rings is 1. The minimum Gasteiger partial charge on any atom is -0.310 e. The first-order valence-corrected chi connectivity index (χ1v) is 7.32. The van der Waals surface area contributed by atoms with E-state index in [1.54, 1.807) is 0 Å². The van der Waals surface area contributed by atoms with E-state index >= 15 is 0 Å². The van der Waals surface area contributed by atoms with E-state index in [9.17, 15) is 4.39 Å². The fraction of sp³-hybridized carbons (Fsp3) is 0.500. The third-order valence-corrected chi connectivity index (χ3v) is 3.66. The van der Waals surface area contributed by atoms with Crippen LogP contribution in [0, 0.1) is 17.1 Å². The molecule has 18 heavy (non-hydrogen) atoms. The average Bonchev–Trinajstić information content (AvgIpc) is 2.37. The maximum Gasteiger partial charge on any atom is 0.123 e. The van der Waals surface area contributed by atoms with Crippen molar-refractivity contribution in [2.45, 2.75) is 32.9 Å². The molecule has 0 aliphatic rings. The van der Waals surface area contributed by atoms with Crippen LogP contribution >= 0.6 is 11.8 Å². The molecule has 4 heteroatoms. The molecule has 0 radical (unpaired) electrons. The molecule has 1 N–H and O–H groups in total. The topological polar surface area (TPSA) is 35.8 Å². The van der Waals surface area contributed by atoms with E-state index in [0.717, 1.165) is 23.5 Å². The van der Waals surface area contributed by atoms with Crippen molar-refractivity contribution in [2.75, 3.05) is 11.5 Å². The molecule has 0 aromatic heterocycles. The Morgan fingerprint density at radius 2 is 2.28 bits per heavy atom. The third-order valence-electron chi connectivity index (χ3n) is 2.73. The van der Waals surface area contributed by atoms with E-state index in [1.165, 1.54) is 18.2 Å². The number of nitrogens with zero attached hydrogens (tertiary/aromatic N) is 1. The lowest BCUT2D eigenvalue weighted by Crippen LogP contribution is -2.26. The number of thioether (sulfide) groups is 1. The van der Waals surface area contributed by atoms with Crippen LogP contribution < -0.4 is 5.32 Å². The Balaban J connectivity index is 2.47. The van der Waals surface area contributed by atoms with Crippen LogP contribution in [0.1, 0.15) is 31.4 Å². The van der Waals surface area contributed by atoms with E-state index in [-0.39, 0.29) is 5.82 Å². The second-order valence-corrected chi connectivity index (χ2v) is 5.57. The Morgan fingerprint density at radius 3 is 2.94 bits per heavy atom. The standard InChI is InChI=1S/C14H19FN2S/c1-3-18-7-6-11(2)17-10-13-8-14(15)5-4-12(13)9-16/h4-5,8,11,17H,3,6-7,10H2,1-2H3. The van der Waals surface area contributed by atoms with E-state index in [4.69, 9.17) is 5.26 Å². The van der Waals surface area contributed by atoms with Crippen molar-refractivity contribution in [3.63, 3.8) is 0 Å². The minimum atomic E-state index is -0.292. The van der Waals surface area contributed by atoms with Gasteiger partial charge in [-0.1, -0.05) is 6.92 Å². The van der Waals surface area contributed by atoms with Crippen molar-refractivity contribution in [3.05, 3.63) is 35.1 Å². The zero-order valence-electron chi connectivity index (χ0n) is 10.9. The lowest BCUT2D eigenvalue weighted by molar-refractivity contribution is 0.534. The van der Waals surface area contributed by atoms with Gasteiger partial charge in [0.05, 0.1) is 11.6 Å². The van der Waals surface area contributed by atoms with Crippen LogP contribution in [-0.2, 0) is 6.54 Å². The maximum absolute atomic E-state index is 13.1. The predicted molar refractivity (Wildman–Crippen MR) is 75.0 cm³/mol. The van der Waals surface area contributed by atoms with Crippen molar-refractivity contribution < 1.29 is 4.39 Å². The first kappa shape index (κ1) is 15.0. The summed E-state index contributed by atoms with van der Waals surface area (Å²) < 4.78 is 13.1. The van der Waals surface area contributed by atoms with Crippen LogP contribution in [0.3, 0.4) is 0 Å². The van der Waals surface area contributed by atoms with Gasteiger partial charge >= 0.3 is 0 Å². The summed E-state index contributed by atoms with van der Waals surface area (Å²) in [4.78, 5) is 0. The molecule has 1 rings (SSSR count). The molecule has 0 spiro atoms. The van der Waals surface area contributed by atoms with E-state index in [0.29, 0.717) is 18.2 Å². The predicted octanol–water partition coefficient (Wildman–Crippen LogP) is 3.32. The van der Waals surface area contributed by atoms with Crippen LogP contribution in [0.25, 0.3) is 0 Å². The lowest BCUT2D eigenvalue weighted by Gasteiger charge is -2.14. The van der Waals surface area contributed by atoms with Gasteiger partial charge in [-0.25, -0.2) is 4.39 Å². The summed E-state index contributed by atoms with van der Waals surface area (Å²) in [5.74, 6) is 1.97. The monoisotopic (exact) mass is 266 g/mol. The fourth-order valence-electron chi connectivity index (χ4n) is 1.61. The Bertz CT molecular complexity index is 415. The van der Waals surface area contributed by atoms with Gasteiger partial charge in [0.2, 0.25) is 0 Å². The van der Waals surface area contributed by atoms with Crippen LogP contribution in [0.5, 0.6) is 0 Å². The van der Waals surface area contributed by atoms with Crippen molar-refractivity contribution >= 4 is 11.8 Å². The zero-order chi connectivity index (χ0) is 13.4. The second-order valence-electron chi connectivity index (χ2n) is 4.18. The average molecular weight is 266 g/mol. The molecule has 0 fully saturated rings. The number of hydrogen-bond acceptors (Lipinski definition) is 3. The summed E-state index contributed by atoms with van der Waals surface area (Å²) in [5.41, 5.74) is 1.27. The minimum absolute atomic E-state index is 0.292. The maximum atomic E-state index is 13.1. The Morgan fingerprint density at radius 1 is 1.50 bits per heavy atom. The van der Waals surface area contributed by atoms with Crippen molar-refractivity contribution in [2.24, 2.45) is 0 Å². The summed E-state index contributed by atoms with van der Waals surface area (Å²) in [5, 5.41) is 12.3. The van der Waals surface area contributed by atoms with Gasteiger partial charge in [0, 0.05) is 12.6 Å². The summed E-state index contributed by atoms with van der Waals surface area (Å²) in [6, 6.07) is 6.75. The molecule has 0 bridgehead atoms. The van der Waals surface area contributed by atoms with Crippen LogP contribution in [0.4, 0.5) is 4.39 Å². The molecule has 0 saturated heterocycles. The summed E-state index contributed by atoms with van der Waals surface area (Å²) in [6.45, 7) is 4.80. The summed E-state index contributed by atoms with van der Waals surface area (Å²) >= 11 is 1.92. The quantitative estimate of drug-likeness (QED) is 0.769. The third kappa shape index (κ3) is 5.07. The van der Waals surface area contributed by atoms with Gasteiger partial charge in [0.15, 0.2) is 0 Å². The first-order valence-electron chi connectivity index (χ1n) is 6.17. The number of halogens is 1. The van der Waals surface area contributed by atoms with Crippen LogP contribution in [-0.4, -0.2) is 17.5 Å². The first-order chi connectivity index (χ1) is 8.67. The zero-order valence-corrected chi connectivity index (χ0v) is 11.7. The highest BCUT2D eigenvalue weighted by molar-refractivity contribution is 7.99. The number of nitrogens with one attached hydrogen (secondary N) is 1. The highest BCUT2D eigenvalue weighted by Gasteiger charge is 2.06. The van der Waals surface area contributed by atoms with Gasteiger partial charge in [-0.15, -0.1) is 0 Å². The molecule has 1 atom stereocenters. The summed E-state index contributed by atoms with van der Waals surface area (Å²) in [6.07, 6.45) is 1.08. The molecule has 0 amide bonds. The smallest absolute Gasteiger partial charge is 0.123 e. The van der Waals surface area contributed by atoms with Gasteiger partial charge in [0.1, 0.15) is 5.82 Å². The van der Waals surface area contributed by atoms with Gasteiger partial charge < -0.3 is 5.32 Å². The Kier molecular flexibility index (Phi) is 6.77. The molecular weight excluding hydrogens is 247 g/mol. The van der Waals surface area contributed by atoms with E-state index < -0.39 is 0 Å². The molecule has 0 heterocycles. The normalized spacial score (nSPS) is 12.1. The molecule has 1 unspecified atom stereocenters. The van der Waals surface area contributed by atoms with Crippen LogP contribution in [0.2, 0.25) is 0 Å². The van der Waals surface area contributed by atoms with Crippen molar-refractivity contribution in [1.82, 2.24) is 5.32 Å². The Hall–Kier alpha value is -1.05. The molecule has 1 aromatic rings.